The van der Waals surface area contributed by atoms with E-state index in [2.05, 4.69) is 10.0 Å². The number of halogens is 1. The number of benzene rings is 2. The SMILES string of the molecule is CCC(NC(=O)[C@H](C)NS(=O)(=O)c1ccccc1F)c1ccccc1OCC(=O)N(C)C. The number of para-hydroxylation sites is 1. The summed E-state index contributed by atoms with van der Waals surface area (Å²) in [6.07, 6.45) is 0.487. The molecule has 8 nitrogen and oxygen atoms in total. The Balaban J connectivity index is 2.13. The Bertz CT molecular complexity index is 1060. The van der Waals surface area contributed by atoms with Gasteiger partial charge in [0.25, 0.3) is 5.91 Å². The molecule has 2 aromatic carbocycles. The highest BCUT2D eigenvalue weighted by molar-refractivity contribution is 7.89. The molecular weight excluding hydrogens is 437 g/mol. The van der Waals surface area contributed by atoms with Crippen molar-refractivity contribution < 1.29 is 27.1 Å². The fourth-order valence-electron chi connectivity index (χ4n) is 2.88. The lowest BCUT2D eigenvalue weighted by atomic mass is 10.0. The number of carbonyl (C=O) groups excluding carboxylic acids is 2. The summed E-state index contributed by atoms with van der Waals surface area (Å²) in [5.74, 6) is -1.27. The van der Waals surface area contributed by atoms with Crippen LogP contribution in [0.1, 0.15) is 31.9 Å². The van der Waals surface area contributed by atoms with Crippen molar-refractivity contribution in [1.82, 2.24) is 14.9 Å². The zero-order valence-electron chi connectivity index (χ0n) is 18.5. The average Bonchev–Trinajstić information content (AvgIpc) is 2.75. The van der Waals surface area contributed by atoms with Crippen LogP contribution in [0.5, 0.6) is 5.75 Å². The quantitative estimate of drug-likeness (QED) is 0.560. The van der Waals surface area contributed by atoms with Crippen molar-refractivity contribution in [2.45, 2.75) is 37.2 Å². The van der Waals surface area contributed by atoms with Gasteiger partial charge in [-0.05, 0) is 31.5 Å². The van der Waals surface area contributed by atoms with Gasteiger partial charge in [-0.2, -0.15) is 4.72 Å². The molecule has 2 N–H and O–H groups in total. The smallest absolute Gasteiger partial charge is 0.259 e. The number of hydrogen-bond donors (Lipinski definition) is 2. The van der Waals surface area contributed by atoms with Gasteiger partial charge in [0.1, 0.15) is 16.5 Å². The number of amides is 2. The molecule has 0 aliphatic heterocycles. The maximum absolute atomic E-state index is 13.9. The lowest BCUT2D eigenvalue weighted by Crippen LogP contribution is -2.45. The second kappa shape index (κ2) is 11.1. The van der Waals surface area contributed by atoms with Crippen molar-refractivity contribution in [3.63, 3.8) is 0 Å². The summed E-state index contributed by atoms with van der Waals surface area (Å²) in [6.45, 7) is 3.06. The molecule has 2 rings (SSSR count). The van der Waals surface area contributed by atoms with Gasteiger partial charge in [0, 0.05) is 19.7 Å². The second-order valence-corrected chi connectivity index (χ2v) is 9.04. The number of ether oxygens (including phenoxy) is 1. The highest BCUT2D eigenvalue weighted by Gasteiger charge is 2.26. The number of carbonyl (C=O) groups is 2. The summed E-state index contributed by atoms with van der Waals surface area (Å²) < 4.78 is 46.7. The Morgan fingerprint density at radius 3 is 2.34 bits per heavy atom. The predicted octanol–water partition coefficient (Wildman–Crippen LogP) is 2.23. The second-order valence-electron chi connectivity index (χ2n) is 7.36. The number of likely N-dealkylation sites (N-methyl/N-ethyl adjacent to an activating group) is 1. The van der Waals surface area contributed by atoms with Crippen LogP contribution in [0.3, 0.4) is 0 Å². The van der Waals surface area contributed by atoms with Crippen LogP contribution < -0.4 is 14.8 Å². The molecule has 0 saturated heterocycles. The van der Waals surface area contributed by atoms with Crippen LogP contribution in [0.4, 0.5) is 4.39 Å². The molecule has 32 heavy (non-hydrogen) atoms. The Hall–Kier alpha value is -2.98. The number of rotatable bonds is 10. The molecule has 0 aliphatic rings. The van der Waals surface area contributed by atoms with E-state index in [4.69, 9.17) is 4.74 Å². The summed E-state index contributed by atoms with van der Waals surface area (Å²) in [5, 5.41) is 2.79. The molecule has 2 aromatic rings. The molecule has 1 unspecified atom stereocenters. The minimum Gasteiger partial charge on any atom is -0.483 e. The van der Waals surface area contributed by atoms with E-state index >= 15 is 0 Å². The van der Waals surface area contributed by atoms with E-state index in [1.807, 2.05) is 6.92 Å². The predicted molar refractivity (Wildman–Crippen MR) is 118 cm³/mol. The van der Waals surface area contributed by atoms with Crippen molar-refractivity contribution >= 4 is 21.8 Å². The van der Waals surface area contributed by atoms with Crippen LogP contribution in [0.15, 0.2) is 53.4 Å². The van der Waals surface area contributed by atoms with Gasteiger partial charge < -0.3 is 15.0 Å². The van der Waals surface area contributed by atoms with E-state index in [9.17, 15) is 22.4 Å². The van der Waals surface area contributed by atoms with Crippen molar-refractivity contribution in [2.24, 2.45) is 0 Å². The van der Waals surface area contributed by atoms with Crippen LogP contribution in [0.25, 0.3) is 0 Å². The molecule has 0 fully saturated rings. The molecule has 174 valence electrons. The van der Waals surface area contributed by atoms with E-state index in [1.54, 1.807) is 38.4 Å². The zero-order chi connectivity index (χ0) is 23.9. The van der Waals surface area contributed by atoms with Crippen LogP contribution in [-0.4, -0.2) is 51.9 Å². The minimum absolute atomic E-state index is 0.159. The van der Waals surface area contributed by atoms with Crippen molar-refractivity contribution in [3.8, 4) is 5.75 Å². The molecular formula is C22H28FN3O5S. The Morgan fingerprint density at radius 1 is 1.09 bits per heavy atom. The number of sulfonamides is 1. The highest BCUT2D eigenvalue weighted by Crippen LogP contribution is 2.27. The van der Waals surface area contributed by atoms with Crippen molar-refractivity contribution in [2.75, 3.05) is 20.7 Å². The van der Waals surface area contributed by atoms with Gasteiger partial charge in [0.15, 0.2) is 6.61 Å². The fourth-order valence-corrected chi connectivity index (χ4v) is 4.16. The number of nitrogens with one attached hydrogen (secondary N) is 2. The summed E-state index contributed by atoms with van der Waals surface area (Å²) in [6, 6.07) is 10.3. The standard InChI is InChI=1S/C22H28FN3O5S/c1-5-18(16-10-6-8-12-19(16)31-14-21(27)26(3)4)24-22(28)15(2)25-32(29,30)20-13-9-7-11-17(20)23/h6-13,15,18,25H,5,14H2,1-4H3,(H,24,28)/t15-,18?/m0/s1. The van der Waals surface area contributed by atoms with Crippen LogP contribution in [0.2, 0.25) is 0 Å². The zero-order valence-corrected chi connectivity index (χ0v) is 19.3. The maximum atomic E-state index is 13.9. The molecule has 2 atom stereocenters. The molecule has 0 radical (unpaired) electrons. The van der Waals surface area contributed by atoms with Crippen LogP contribution in [-0.2, 0) is 19.6 Å². The van der Waals surface area contributed by atoms with E-state index in [0.717, 1.165) is 12.1 Å². The van der Waals surface area contributed by atoms with Gasteiger partial charge >= 0.3 is 0 Å². The minimum atomic E-state index is -4.23. The van der Waals surface area contributed by atoms with Gasteiger partial charge in [-0.25, -0.2) is 12.8 Å². The Kier molecular flexibility index (Phi) is 8.73. The molecule has 0 heterocycles. The van der Waals surface area contributed by atoms with Crippen LogP contribution >= 0.6 is 0 Å². The first-order valence-electron chi connectivity index (χ1n) is 10.1. The van der Waals surface area contributed by atoms with Gasteiger partial charge in [0.05, 0.1) is 12.1 Å². The molecule has 0 aromatic heterocycles. The fraction of sp³-hybridized carbons (Fsp3) is 0.364. The normalized spacial score (nSPS) is 13.2. The van der Waals surface area contributed by atoms with Gasteiger partial charge in [-0.3, -0.25) is 9.59 Å². The molecule has 0 saturated carbocycles. The van der Waals surface area contributed by atoms with E-state index in [0.29, 0.717) is 17.7 Å². The summed E-state index contributed by atoms with van der Waals surface area (Å²) >= 11 is 0. The monoisotopic (exact) mass is 465 g/mol. The van der Waals surface area contributed by atoms with Gasteiger partial charge in [-0.15, -0.1) is 0 Å². The first kappa shape index (κ1) is 25.3. The van der Waals surface area contributed by atoms with Crippen molar-refractivity contribution in [1.29, 1.82) is 0 Å². The third-order valence-corrected chi connectivity index (χ3v) is 6.29. The lowest BCUT2D eigenvalue weighted by Gasteiger charge is -2.23. The number of nitrogens with zero attached hydrogens (tertiary/aromatic N) is 1. The largest absolute Gasteiger partial charge is 0.483 e. The number of hydrogen-bond acceptors (Lipinski definition) is 5. The van der Waals surface area contributed by atoms with Gasteiger partial charge in [0.2, 0.25) is 15.9 Å². The molecule has 0 aliphatic carbocycles. The van der Waals surface area contributed by atoms with E-state index in [1.165, 1.54) is 24.0 Å². The molecule has 0 bridgehead atoms. The molecule has 0 spiro atoms. The third kappa shape index (κ3) is 6.51. The van der Waals surface area contributed by atoms with Gasteiger partial charge in [-0.1, -0.05) is 37.3 Å². The third-order valence-electron chi connectivity index (χ3n) is 4.72. The lowest BCUT2D eigenvalue weighted by molar-refractivity contribution is -0.130. The topological polar surface area (TPSA) is 105 Å². The van der Waals surface area contributed by atoms with Crippen molar-refractivity contribution in [3.05, 3.63) is 59.9 Å². The first-order chi connectivity index (χ1) is 15.1. The Labute approximate surface area is 187 Å². The highest BCUT2D eigenvalue weighted by atomic mass is 32.2. The average molecular weight is 466 g/mol. The summed E-state index contributed by atoms with van der Waals surface area (Å²) in [7, 11) is -0.987. The first-order valence-corrected chi connectivity index (χ1v) is 11.5. The van der Waals surface area contributed by atoms with Crippen LogP contribution in [0, 0.1) is 5.82 Å². The summed E-state index contributed by atoms with van der Waals surface area (Å²) in [5.41, 5.74) is 0.652. The van der Waals surface area contributed by atoms with E-state index < -0.39 is 38.7 Å². The Morgan fingerprint density at radius 2 is 1.72 bits per heavy atom. The molecule has 2 amide bonds. The molecule has 10 heteroatoms. The van der Waals surface area contributed by atoms with E-state index in [-0.39, 0.29) is 12.5 Å². The summed E-state index contributed by atoms with van der Waals surface area (Å²) in [4.78, 5) is 25.4. The maximum Gasteiger partial charge on any atom is 0.259 e.